The fourth-order valence-electron chi connectivity index (χ4n) is 5.02. The molecule has 1 saturated carbocycles. The largest absolute Gasteiger partial charge is 0.470 e. The smallest absolute Gasteiger partial charge is 0.265 e. The second-order valence-electron chi connectivity index (χ2n) is 8.27. The average Bonchev–Trinajstić information content (AvgIpc) is 3.12. The lowest BCUT2D eigenvalue weighted by Crippen LogP contribution is -2.55. The van der Waals surface area contributed by atoms with E-state index >= 15 is 0 Å². The standard InChI is InChI=1S/C22H28N2O4/c1-13-14(2)22(26)10-9-16(13)17(11-23-3)19-18(20(22)25)21(24-28-19)27-12-15-7-5-4-6-8-15/h4-8,13-14,16-17,23,26H,9-12H2,1-3H3/t13-,14+,16-,17-,22-/m0/s1. The topological polar surface area (TPSA) is 84.6 Å². The Morgan fingerprint density at radius 2 is 2.07 bits per heavy atom. The van der Waals surface area contributed by atoms with E-state index < -0.39 is 5.60 Å². The Labute approximate surface area is 165 Å². The predicted molar refractivity (Wildman–Crippen MR) is 104 cm³/mol. The molecule has 5 atom stereocenters. The Morgan fingerprint density at radius 3 is 2.79 bits per heavy atom. The summed E-state index contributed by atoms with van der Waals surface area (Å²) in [6.07, 6.45) is 1.26. The quantitative estimate of drug-likeness (QED) is 0.824. The van der Waals surface area contributed by atoms with Crippen molar-refractivity contribution in [1.29, 1.82) is 0 Å². The van der Waals surface area contributed by atoms with Gasteiger partial charge in [-0.2, -0.15) is 0 Å². The summed E-state index contributed by atoms with van der Waals surface area (Å²) in [5, 5.41) is 18.7. The molecule has 2 N–H and O–H groups in total. The number of hydrogen-bond acceptors (Lipinski definition) is 6. The van der Waals surface area contributed by atoms with Crippen molar-refractivity contribution in [1.82, 2.24) is 10.5 Å². The van der Waals surface area contributed by atoms with Crippen molar-refractivity contribution in [3.05, 3.63) is 47.2 Å². The van der Waals surface area contributed by atoms with Crippen molar-refractivity contribution in [3.63, 3.8) is 0 Å². The lowest BCUT2D eigenvalue weighted by Gasteiger charge is -2.48. The Balaban J connectivity index is 1.75. The van der Waals surface area contributed by atoms with E-state index in [9.17, 15) is 9.90 Å². The molecule has 5 rings (SSSR count). The number of fused-ring (bicyclic) bond motifs is 2. The van der Waals surface area contributed by atoms with Crippen molar-refractivity contribution in [2.75, 3.05) is 13.6 Å². The van der Waals surface area contributed by atoms with Gasteiger partial charge in [-0.15, -0.1) is 0 Å². The molecule has 3 aliphatic carbocycles. The van der Waals surface area contributed by atoms with Crippen molar-refractivity contribution in [2.24, 2.45) is 17.8 Å². The van der Waals surface area contributed by atoms with E-state index in [1.54, 1.807) is 0 Å². The number of ketones is 1. The minimum Gasteiger partial charge on any atom is -0.470 e. The van der Waals surface area contributed by atoms with Crippen LogP contribution in [0.2, 0.25) is 0 Å². The molecule has 0 amide bonds. The van der Waals surface area contributed by atoms with Crippen LogP contribution in [0.5, 0.6) is 5.88 Å². The van der Waals surface area contributed by atoms with Gasteiger partial charge in [-0.3, -0.25) is 4.79 Å². The molecule has 2 bridgehead atoms. The number of rotatable bonds is 5. The van der Waals surface area contributed by atoms with E-state index in [1.807, 2.05) is 44.3 Å². The minimum atomic E-state index is -1.40. The van der Waals surface area contributed by atoms with E-state index in [1.165, 1.54) is 0 Å². The summed E-state index contributed by atoms with van der Waals surface area (Å²) in [5.74, 6) is 0.814. The van der Waals surface area contributed by atoms with Crippen LogP contribution in [0.3, 0.4) is 0 Å². The summed E-state index contributed by atoms with van der Waals surface area (Å²) >= 11 is 0. The fourth-order valence-corrected chi connectivity index (χ4v) is 5.02. The van der Waals surface area contributed by atoms with Crippen LogP contribution in [-0.4, -0.2) is 35.2 Å². The van der Waals surface area contributed by atoms with Gasteiger partial charge in [0.05, 0.1) is 0 Å². The number of carbonyl (C=O) groups excluding carboxylic acids is 1. The third kappa shape index (κ3) is 2.95. The van der Waals surface area contributed by atoms with Gasteiger partial charge in [-0.25, -0.2) is 0 Å². The number of Topliss-reactive ketones (excluding diaryl/α,β-unsaturated/α-hetero) is 1. The molecule has 150 valence electrons. The Hall–Kier alpha value is -2.18. The maximum atomic E-state index is 13.5. The SMILES string of the molecule is CNC[C@@H]1c2onc(OCc3ccccc3)c2C(=O)[C@]2(O)CC[C@H]1[C@@H](C)[C@H]2C. The first-order valence-electron chi connectivity index (χ1n) is 10.1. The molecule has 1 aromatic heterocycles. The number of likely N-dealkylation sites (N-methyl/N-ethyl adjacent to an activating group) is 1. The lowest BCUT2D eigenvalue weighted by atomic mass is 9.57. The molecule has 2 aromatic rings. The highest BCUT2D eigenvalue weighted by Crippen LogP contribution is 2.52. The molecule has 0 spiro atoms. The molecule has 6 nitrogen and oxygen atoms in total. The van der Waals surface area contributed by atoms with E-state index in [4.69, 9.17) is 9.26 Å². The van der Waals surface area contributed by atoms with Crippen LogP contribution in [0, 0.1) is 17.8 Å². The molecule has 0 aliphatic heterocycles. The van der Waals surface area contributed by atoms with Gasteiger partial charge in [0.1, 0.15) is 17.8 Å². The normalized spacial score (nSPS) is 31.9. The van der Waals surface area contributed by atoms with Gasteiger partial charge in [0, 0.05) is 12.5 Å². The van der Waals surface area contributed by atoms with Gasteiger partial charge in [0.15, 0.2) is 5.76 Å². The molecule has 1 heterocycles. The van der Waals surface area contributed by atoms with E-state index in [2.05, 4.69) is 17.4 Å². The van der Waals surface area contributed by atoms with Gasteiger partial charge in [-0.05, 0) is 48.4 Å². The molecular formula is C22H28N2O4. The van der Waals surface area contributed by atoms with E-state index in [0.29, 0.717) is 30.2 Å². The first-order chi connectivity index (χ1) is 13.5. The number of aromatic nitrogens is 1. The van der Waals surface area contributed by atoms with Crippen LogP contribution < -0.4 is 10.1 Å². The molecule has 6 heteroatoms. The highest BCUT2D eigenvalue weighted by molar-refractivity contribution is 6.05. The molecule has 28 heavy (non-hydrogen) atoms. The molecule has 0 unspecified atom stereocenters. The summed E-state index contributed by atoms with van der Waals surface area (Å²) in [6, 6.07) is 9.72. The average molecular weight is 384 g/mol. The molecule has 3 aliphatic rings. The Bertz CT molecular complexity index is 849. The number of carbonyl (C=O) groups is 1. The lowest BCUT2D eigenvalue weighted by molar-refractivity contribution is -0.0641. The number of hydrogen-bond donors (Lipinski definition) is 2. The van der Waals surface area contributed by atoms with Gasteiger partial charge < -0.3 is 19.7 Å². The number of nitrogens with one attached hydrogen (secondary N) is 1. The van der Waals surface area contributed by atoms with Crippen LogP contribution in [-0.2, 0) is 6.61 Å². The third-order valence-corrected chi connectivity index (χ3v) is 6.88. The molecule has 0 radical (unpaired) electrons. The van der Waals surface area contributed by atoms with Crippen LogP contribution in [0.1, 0.15) is 54.3 Å². The van der Waals surface area contributed by atoms with Gasteiger partial charge in [0.2, 0.25) is 5.78 Å². The number of ether oxygens (including phenoxy) is 1. The highest BCUT2D eigenvalue weighted by atomic mass is 16.5. The molecule has 1 aromatic carbocycles. The van der Waals surface area contributed by atoms with E-state index in [-0.39, 0.29) is 36.0 Å². The summed E-state index contributed by atoms with van der Waals surface area (Å²) in [6.45, 7) is 5.09. The second kappa shape index (κ2) is 7.33. The maximum Gasteiger partial charge on any atom is 0.265 e. The number of benzene rings is 1. The first-order valence-corrected chi connectivity index (χ1v) is 10.1. The first kappa shape index (κ1) is 19.2. The Morgan fingerprint density at radius 1 is 1.32 bits per heavy atom. The monoisotopic (exact) mass is 384 g/mol. The van der Waals surface area contributed by atoms with E-state index in [0.717, 1.165) is 12.0 Å². The van der Waals surface area contributed by atoms with Crippen LogP contribution in [0.25, 0.3) is 0 Å². The number of aliphatic hydroxyl groups is 1. The van der Waals surface area contributed by atoms with Gasteiger partial charge in [-0.1, -0.05) is 44.2 Å². The van der Waals surface area contributed by atoms with Crippen LogP contribution in [0.15, 0.2) is 34.9 Å². The fraction of sp³-hybridized carbons (Fsp3) is 0.545. The van der Waals surface area contributed by atoms with Crippen molar-refractivity contribution in [2.45, 2.75) is 44.8 Å². The van der Waals surface area contributed by atoms with Crippen molar-refractivity contribution >= 4 is 5.78 Å². The third-order valence-electron chi connectivity index (χ3n) is 6.88. The maximum absolute atomic E-state index is 13.5. The second-order valence-corrected chi connectivity index (χ2v) is 8.27. The van der Waals surface area contributed by atoms with Gasteiger partial charge >= 0.3 is 0 Å². The van der Waals surface area contributed by atoms with Crippen LogP contribution >= 0.6 is 0 Å². The van der Waals surface area contributed by atoms with Crippen molar-refractivity contribution < 1.29 is 19.2 Å². The minimum absolute atomic E-state index is 0.0211. The zero-order chi connectivity index (χ0) is 19.9. The summed E-state index contributed by atoms with van der Waals surface area (Å²) in [7, 11) is 1.90. The van der Waals surface area contributed by atoms with Gasteiger partial charge in [0.25, 0.3) is 5.88 Å². The number of nitrogens with zero attached hydrogens (tertiary/aromatic N) is 1. The summed E-state index contributed by atoms with van der Waals surface area (Å²) in [4.78, 5) is 13.5. The molecular weight excluding hydrogens is 356 g/mol. The molecule has 1 fully saturated rings. The zero-order valence-electron chi connectivity index (χ0n) is 16.6. The summed E-state index contributed by atoms with van der Waals surface area (Å²) in [5.41, 5.74) is -0.0974. The van der Waals surface area contributed by atoms with Crippen molar-refractivity contribution in [3.8, 4) is 5.88 Å². The zero-order valence-corrected chi connectivity index (χ0v) is 16.6. The Kier molecular flexibility index (Phi) is 5.02. The van der Waals surface area contributed by atoms with Crippen LogP contribution in [0.4, 0.5) is 0 Å². The predicted octanol–water partition coefficient (Wildman–Crippen LogP) is 3.17. The molecule has 0 saturated heterocycles. The summed E-state index contributed by atoms with van der Waals surface area (Å²) < 4.78 is 11.6. The highest BCUT2D eigenvalue weighted by Gasteiger charge is 2.56.